The van der Waals surface area contributed by atoms with Gasteiger partial charge in [-0.1, -0.05) is 23.2 Å². The van der Waals surface area contributed by atoms with E-state index in [2.05, 4.69) is 5.32 Å². The SMILES string of the molecule is CC(C(=O)Nc1cc(Cl)ccc1Cl)N1CCC(C(=O)c2cc(F)ccc2F)CC1. The molecular formula is C21H20Cl2F2N2O2. The van der Waals surface area contributed by atoms with Crippen LogP contribution in [-0.4, -0.2) is 35.7 Å². The first kappa shape index (κ1) is 21.7. The standard InChI is InChI=1S/C21H20Cl2F2N2O2/c1-12(21(29)26-19-10-14(22)2-4-17(19)23)27-8-6-13(7-9-27)20(28)16-11-15(24)3-5-18(16)25/h2-5,10-13H,6-9H2,1H3,(H,26,29). The topological polar surface area (TPSA) is 49.4 Å². The minimum absolute atomic E-state index is 0.218. The summed E-state index contributed by atoms with van der Waals surface area (Å²) < 4.78 is 27.3. The zero-order valence-electron chi connectivity index (χ0n) is 15.7. The van der Waals surface area contributed by atoms with Gasteiger partial charge in [0.1, 0.15) is 11.6 Å². The van der Waals surface area contributed by atoms with Crippen LogP contribution in [0.4, 0.5) is 14.5 Å². The van der Waals surface area contributed by atoms with Crippen LogP contribution >= 0.6 is 23.2 Å². The van der Waals surface area contributed by atoms with E-state index in [1.165, 1.54) is 0 Å². The average molecular weight is 441 g/mol. The van der Waals surface area contributed by atoms with Crippen LogP contribution in [0.5, 0.6) is 0 Å². The Morgan fingerprint density at radius 3 is 2.48 bits per heavy atom. The third kappa shape index (κ3) is 5.13. The number of likely N-dealkylation sites (tertiary alicyclic amines) is 1. The molecule has 0 radical (unpaired) electrons. The third-order valence-corrected chi connectivity index (χ3v) is 5.77. The van der Waals surface area contributed by atoms with Crippen molar-refractivity contribution in [3.8, 4) is 0 Å². The summed E-state index contributed by atoms with van der Waals surface area (Å²) >= 11 is 12.0. The number of benzene rings is 2. The van der Waals surface area contributed by atoms with E-state index in [4.69, 9.17) is 23.2 Å². The van der Waals surface area contributed by atoms with Gasteiger partial charge in [-0.15, -0.1) is 0 Å². The lowest BCUT2D eigenvalue weighted by Crippen LogP contribution is -2.47. The lowest BCUT2D eigenvalue weighted by atomic mass is 9.88. The van der Waals surface area contributed by atoms with E-state index in [9.17, 15) is 18.4 Å². The summed E-state index contributed by atoms with van der Waals surface area (Å²) in [7, 11) is 0. The molecule has 1 atom stereocenters. The van der Waals surface area contributed by atoms with Gasteiger partial charge in [0, 0.05) is 10.9 Å². The van der Waals surface area contributed by atoms with Crippen molar-refractivity contribution < 1.29 is 18.4 Å². The second-order valence-electron chi connectivity index (χ2n) is 7.09. The zero-order valence-corrected chi connectivity index (χ0v) is 17.2. The lowest BCUT2D eigenvalue weighted by Gasteiger charge is -2.34. The van der Waals surface area contributed by atoms with Crippen LogP contribution in [0.3, 0.4) is 0 Å². The maximum absolute atomic E-state index is 13.9. The van der Waals surface area contributed by atoms with Crippen molar-refractivity contribution in [3.05, 3.63) is 63.6 Å². The number of amides is 1. The summed E-state index contributed by atoms with van der Waals surface area (Å²) in [4.78, 5) is 27.1. The Balaban J connectivity index is 1.59. The highest BCUT2D eigenvalue weighted by Crippen LogP contribution is 2.27. The van der Waals surface area contributed by atoms with Crippen molar-refractivity contribution in [1.29, 1.82) is 0 Å². The zero-order chi connectivity index (χ0) is 21.1. The molecule has 0 bridgehead atoms. The predicted molar refractivity (Wildman–Crippen MR) is 110 cm³/mol. The van der Waals surface area contributed by atoms with Gasteiger partial charge in [-0.05, 0) is 69.3 Å². The number of halogens is 4. The van der Waals surface area contributed by atoms with Gasteiger partial charge >= 0.3 is 0 Å². The summed E-state index contributed by atoms with van der Waals surface area (Å²) in [6.07, 6.45) is 0.925. The summed E-state index contributed by atoms with van der Waals surface area (Å²) in [6, 6.07) is 7.25. The molecule has 1 aliphatic rings. The van der Waals surface area contributed by atoms with Gasteiger partial charge in [-0.2, -0.15) is 0 Å². The molecule has 0 spiro atoms. The van der Waals surface area contributed by atoms with Crippen LogP contribution in [0.2, 0.25) is 10.0 Å². The van der Waals surface area contributed by atoms with E-state index in [0.29, 0.717) is 41.7 Å². The summed E-state index contributed by atoms with van der Waals surface area (Å²) in [5.41, 5.74) is 0.215. The first-order chi connectivity index (χ1) is 13.8. The molecule has 1 heterocycles. The van der Waals surface area contributed by atoms with Gasteiger partial charge in [0.15, 0.2) is 5.78 Å². The number of rotatable bonds is 5. The molecule has 1 N–H and O–H groups in total. The Kier molecular flexibility index (Phi) is 6.88. The maximum Gasteiger partial charge on any atom is 0.241 e. The average Bonchev–Trinajstić information content (AvgIpc) is 2.71. The van der Waals surface area contributed by atoms with Crippen LogP contribution in [0, 0.1) is 17.6 Å². The van der Waals surface area contributed by atoms with Gasteiger partial charge in [0.2, 0.25) is 5.91 Å². The van der Waals surface area contributed by atoms with E-state index in [1.807, 2.05) is 4.90 Å². The van der Waals surface area contributed by atoms with E-state index in [0.717, 1.165) is 18.2 Å². The highest BCUT2D eigenvalue weighted by Gasteiger charge is 2.31. The molecule has 1 fully saturated rings. The van der Waals surface area contributed by atoms with Crippen molar-refractivity contribution in [1.82, 2.24) is 4.90 Å². The Bertz CT molecular complexity index is 931. The molecule has 2 aromatic carbocycles. The number of Topliss-reactive ketones (excluding diaryl/α,β-unsaturated/α-hetero) is 1. The molecule has 3 rings (SSSR count). The van der Waals surface area contributed by atoms with Crippen molar-refractivity contribution >= 4 is 40.6 Å². The molecule has 0 aliphatic carbocycles. The van der Waals surface area contributed by atoms with E-state index < -0.39 is 29.4 Å². The number of hydrogen-bond acceptors (Lipinski definition) is 3. The monoisotopic (exact) mass is 440 g/mol. The number of nitrogens with zero attached hydrogens (tertiary/aromatic N) is 1. The van der Waals surface area contributed by atoms with E-state index in [1.54, 1.807) is 25.1 Å². The van der Waals surface area contributed by atoms with Crippen molar-refractivity contribution in [3.63, 3.8) is 0 Å². The van der Waals surface area contributed by atoms with Gasteiger partial charge < -0.3 is 5.32 Å². The predicted octanol–water partition coefficient (Wildman–Crippen LogP) is 5.19. The Morgan fingerprint density at radius 1 is 1.10 bits per heavy atom. The van der Waals surface area contributed by atoms with Gasteiger partial charge in [0.25, 0.3) is 0 Å². The number of anilines is 1. The second kappa shape index (κ2) is 9.20. The van der Waals surface area contributed by atoms with E-state index in [-0.39, 0.29) is 11.5 Å². The summed E-state index contributed by atoms with van der Waals surface area (Å²) in [5.74, 6) is -2.40. The molecule has 1 aliphatic heterocycles. The number of nitrogens with one attached hydrogen (secondary N) is 1. The third-order valence-electron chi connectivity index (χ3n) is 5.21. The van der Waals surface area contributed by atoms with Gasteiger partial charge in [-0.25, -0.2) is 8.78 Å². The fraction of sp³-hybridized carbons (Fsp3) is 0.333. The van der Waals surface area contributed by atoms with Gasteiger partial charge in [0.05, 0.1) is 22.3 Å². The molecule has 2 aromatic rings. The van der Waals surface area contributed by atoms with Crippen LogP contribution in [-0.2, 0) is 4.79 Å². The van der Waals surface area contributed by atoms with Crippen LogP contribution in [0.25, 0.3) is 0 Å². The van der Waals surface area contributed by atoms with Crippen molar-refractivity contribution in [2.45, 2.75) is 25.8 Å². The Hall–Kier alpha value is -2.02. The molecule has 8 heteroatoms. The summed E-state index contributed by atoms with van der Waals surface area (Å²) in [5, 5.41) is 3.61. The lowest BCUT2D eigenvalue weighted by molar-refractivity contribution is -0.121. The van der Waals surface area contributed by atoms with Crippen molar-refractivity contribution in [2.75, 3.05) is 18.4 Å². The molecule has 0 saturated carbocycles. The Labute approximate surface area is 177 Å². The van der Waals surface area contributed by atoms with E-state index >= 15 is 0 Å². The van der Waals surface area contributed by atoms with Gasteiger partial charge in [-0.3, -0.25) is 14.5 Å². The first-order valence-electron chi connectivity index (χ1n) is 9.25. The second-order valence-corrected chi connectivity index (χ2v) is 7.93. The largest absolute Gasteiger partial charge is 0.323 e. The smallest absolute Gasteiger partial charge is 0.241 e. The molecular weight excluding hydrogens is 421 g/mol. The molecule has 1 unspecified atom stereocenters. The molecule has 1 saturated heterocycles. The molecule has 0 aromatic heterocycles. The fourth-order valence-corrected chi connectivity index (χ4v) is 3.79. The summed E-state index contributed by atoms with van der Waals surface area (Å²) in [6.45, 7) is 2.75. The van der Waals surface area contributed by atoms with Crippen LogP contribution in [0.1, 0.15) is 30.1 Å². The van der Waals surface area contributed by atoms with Crippen LogP contribution < -0.4 is 5.32 Å². The normalized spacial score (nSPS) is 16.4. The number of ketones is 1. The maximum atomic E-state index is 13.9. The number of carbonyl (C=O) groups excluding carboxylic acids is 2. The highest BCUT2D eigenvalue weighted by atomic mass is 35.5. The molecule has 1 amide bonds. The molecule has 4 nitrogen and oxygen atoms in total. The van der Waals surface area contributed by atoms with Crippen molar-refractivity contribution in [2.24, 2.45) is 5.92 Å². The Morgan fingerprint density at radius 2 is 1.79 bits per heavy atom. The minimum Gasteiger partial charge on any atom is -0.323 e. The highest BCUT2D eigenvalue weighted by molar-refractivity contribution is 6.35. The minimum atomic E-state index is -0.718. The molecule has 154 valence electrons. The first-order valence-corrected chi connectivity index (χ1v) is 10.0. The fourth-order valence-electron chi connectivity index (χ4n) is 3.45. The molecule has 29 heavy (non-hydrogen) atoms. The quantitative estimate of drug-likeness (QED) is 0.650. The van der Waals surface area contributed by atoms with Crippen LogP contribution in [0.15, 0.2) is 36.4 Å². The number of hydrogen-bond donors (Lipinski definition) is 1. The number of piperidine rings is 1. The number of carbonyl (C=O) groups is 2.